The summed E-state index contributed by atoms with van der Waals surface area (Å²) < 4.78 is 11.3. The van der Waals surface area contributed by atoms with Crippen molar-refractivity contribution in [3.8, 4) is 0 Å². The first-order valence-corrected chi connectivity index (χ1v) is 12.0. The van der Waals surface area contributed by atoms with Gasteiger partial charge in [-0.3, -0.25) is 0 Å². The number of benzene rings is 2. The van der Waals surface area contributed by atoms with Crippen molar-refractivity contribution in [2.24, 2.45) is 11.7 Å². The van der Waals surface area contributed by atoms with Crippen LogP contribution in [0.2, 0.25) is 6.32 Å². The molecule has 188 valence electrons. The molecule has 0 saturated carbocycles. The number of hydrogen-bond donors (Lipinski definition) is 4. The van der Waals surface area contributed by atoms with E-state index in [4.69, 9.17) is 15.2 Å². The molecule has 0 unspecified atom stereocenters. The number of esters is 1. The van der Waals surface area contributed by atoms with Gasteiger partial charge in [0.2, 0.25) is 0 Å². The Bertz CT molecular complexity index is 1020. The van der Waals surface area contributed by atoms with E-state index in [1.807, 2.05) is 48.5 Å². The van der Waals surface area contributed by atoms with E-state index in [1.165, 1.54) is 0 Å². The van der Waals surface area contributed by atoms with Gasteiger partial charge >= 0.3 is 19.2 Å². The number of nitrogens with two attached hydrogens (primary N) is 1. The second-order valence-corrected chi connectivity index (χ2v) is 9.96. The van der Waals surface area contributed by atoms with Crippen LogP contribution in [0.5, 0.6) is 0 Å². The van der Waals surface area contributed by atoms with E-state index in [-0.39, 0.29) is 25.4 Å². The van der Waals surface area contributed by atoms with Gasteiger partial charge in [-0.25, -0.2) is 9.59 Å². The van der Waals surface area contributed by atoms with Crippen LogP contribution in [0.3, 0.4) is 0 Å². The van der Waals surface area contributed by atoms with Gasteiger partial charge in [0.05, 0.1) is 0 Å². The van der Waals surface area contributed by atoms with Crippen molar-refractivity contribution < 1.29 is 29.1 Å². The molecule has 3 rings (SSSR count). The molecule has 8 nitrogen and oxygen atoms in total. The Morgan fingerprint density at radius 3 is 2.49 bits per heavy atom. The standard InChI is InChI=1S/C26H35BN2O6/c1-25(2,3)35-24(31)29-26(23(30)34-17-18-9-5-4-6-10-18)20(12-8-14-27(32)33)15-21-19(16-28)11-7-13-22(21)26/h4-7,9-11,13,20,32-33H,8,12,14-17,28H2,1-3H3,(H,29,31)/t20-,26+/m0/s1. The second-order valence-electron chi connectivity index (χ2n) is 9.96. The van der Waals surface area contributed by atoms with Crippen molar-refractivity contribution in [3.05, 3.63) is 70.8 Å². The van der Waals surface area contributed by atoms with Crippen molar-refractivity contribution >= 4 is 19.2 Å². The van der Waals surface area contributed by atoms with Gasteiger partial charge in [-0.15, -0.1) is 0 Å². The van der Waals surface area contributed by atoms with Crippen molar-refractivity contribution in [2.45, 2.75) is 70.6 Å². The topological polar surface area (TPSA) is 131 Å². The Balaban J connectivity index is 2.03. The molecule has 1 aliphatic rings. The summed E-state index contributed by atoms with van der Waals surface area (Å²) in [5.74, 6) is -0.977. The van der Waals surface area contributed by atoms with Crippen molar-refractivity contribution in [2.75, 3.05) is 0 Å². The predicted molar refractivity (Wildman–Crippen MR) is 133 cm³/mol. The first-order chi connectivity index (χ1) is 16.6. The molecular weight excluding hydrogens is 447 g/mol. The molecule has 1 aliphatic carbocycles. The summed E-state index contributed by atoms with van der Waals surface area (Å²) in [5.41, 5.74) is 6.98. The molecule has 2 aromatic carbocycles. The normalized spacial score (nSPS) is 19.1. The molecule has 35 heavy (non-hydrogen) atoms. The van der Waals surface area contributed by atoms with Crippen LogP contribution >= 0.6 is 0 Å². The molecule has 0 heterocycles. The molecule has 0 fully saturated rings. The van der Waals surface area contributed by atoms with E-state index in [9.17, 15) is 19.6 Å². The lowest BCUT2D eigenvalue weighted by molar-refractivity contribution is -0.156. The highest BCUT2D eigenvalue weighted by Crippen LogP contribution is 2.46. The number of carbonyl (C=O) groups is 2. The van der Waals surface area contributed by atoms with Gasteiger partial charge < -0.3 is 30.6 Å². The number of fused-ring (bicyclic) bond motifs is 1. The third-order valence-corrected chi connectivity index (χ3v) is 6.23. The first-order valence-electron chi connectivity index (χ1n) is 12.0. The molecule has 0 spiro atoms. The molecular formula is C26H35BN2O6. The van der Waals surface area contributed by atoms with E-state index in [0.717, 1.165) is 16.7 Å². The Labute approximate surface area is 207 Å². The highest BCUT2D eigenvalue weighted by atomic mass is 16.6. The average molecular weight is 482 g/mol. The van der Waals surface area contributed by atoms with Gasteiger partial charge in [-0.1, -0.05) is 55.0 Å². The van der Waals surface area contributed by atoms with Crippen LogP contribution in [0.25, 0.3) is 0 Å². The molecule has 2 atom stereocenters. The summed E-state index contributed by atoms with van der Waals surface area (Å²) in [6, 6.07) is 14.9. The molecule has 1 amide bonds. The lowest BCUT2D eigenvalue weighted by atomic mass is 9.77. The van der Waals surface area contributed by atoms with Gasteiger partial charge in [0.25, 0.3) is 0 Å². The summed E-state index contributed by atoms with van der Waals surface area (Å²) >= 11 is 0. The largest absolute Gasteiger partial charge is 0.459 e. The minimum absolute atomic E-state index is 0.0470. The number of hydrogen-bond acceptors (Lipinski definition) is 7. The number of nitrogens with one attached hydrogen (secondary N) is 1. The second kappa shape index (κ2) is 11.2. The van der Waals surface area contributed by atoms with Crippen molar-refractivity contribution in [1.82, 2.24) is 5.32 Å². The van der Waals surface area contributed by atoms with Crippen LogP contribution in [-0.4, -0.2) is 34.8 Å². The summed E-state index contributed by atoms with van der Waals surface area (Å²) in [6.45, 7) is 5.59. The van der Waals surface area contributed by atoms with Crippen LogP contribution in [-0.2, 0) is 39.4 Å². The van der Waals surface area contributed by atoms with Crippen molar-refractivity contribution in [3.63, 3.8) is 0 Å². The summed E-state index contributed by atoms with van der Waals surface area (Å²) in [5, 5.41) is 21.6. The highest BCUT2D eigenvalue weighted by Gasteiger charge is 2.55. The fourth-order valence-corrected chi connectivity index (χ4v) is 4.72. The van der Waals surface area contributed by atoms with Gasteiger partial charge in [0.1, 0.15) is 12.2 Å². The number of ether oxygens (including phenoxy) is 2. The number of alkyl carbamates (subject to hydrolysis) is 1. The van der Waals surface area contributed by atoms with E-state index < -0.39 is 30.3 Å². The maximum atomic E-state index is 13.9. The summed E-state index contributed by atoms with van der Waals surface area (Å²) in [6.07, 6.45) is 0.802. The highest BCUT2D eigenvalue weighted by molar-refractivity contribution is 6.40. The molecule has 0 aliphatic heterocycles. The zero-order valence-corrected chi connectivity index (χ0v) is 20.6. The van der Waals surface area contributed by atoms with E-state index in [1.54, 1.807) is 20.8 Å². The first kappa shape index (κ1) is 26.7. The van der Waals surface area contributed by atoms with Crippen LogP contribution in [0.15, 0.2) is 48.5 Å². The fraction of sp³-hybridized carbons (Fsp3) is 0.462. The van der Waals surface area contributed by atoms with Crippen LogP contribution < -0.4 is 11.1 Å². The zero-order valence-electron chi connectivity index (χ0n) is 20.6. The molecule has 2 aromatic rings. The number of rotatable bonds is 9. The predicted octanol–water partition coefficient (Wildman–Crippen LogP) is 3.03. The van der Waals surface area contributed by atoms with Crippen LogP contribution in [0.1, 0.15) is 55.9 Å². The minimum Gasteiger partial charge on any atom is -0.459 e. The van der Waals surface area contributed by atoms with Gasteiger partial charge in [-0.05, 0) is 62.2 Å². The Morgan fingerprint density at radius 2 is 1.86 bits per heavy atom. The zero-order chi connectivity index (χ0) is 25.6. The average Bonchev–Trinajstić information content (AvgIpc) is 3.10. The number of amides is 1. The SMILES string of the molecule is CC(C)(C)OC(=O)N[C@@]1(C(=O)OCc2ccccc2)c2cccc(CN)c2C[C@@H]1CCCB(O)O. The summed E-state index contributed by atoms with van der Waals surface area (Å²) in [4.78, 5) is 26.9. The lowest BCUT2D eigenvalue weighted by Crippen LogP contribution is -2.56. The quantitative estimate of drug-likeness (QED) is 0.319. The molecule has 9 heteroatoms. The van der Waals surface area contributed by atoms with E-state index in [0.29, 0.717) is 24.8 Å². The van der Waals surface area contributed by atoms with Crippen LogP contribution in [0.4, 0.5) is 4.79 Å². The lowest BCUT2D eigenvalue weighted by Gasteiger charge is -2.36. The smallest absolute Gasteiger partial charge is 0.451 e. The minimum atomic E-state index is -1.50. The van der Waals surface area contributed by atoms with E-state index in [2.05, 4.69) is 5.32 Å². The van der Waals surface area contributed by atoms with Gasteiger partial charge in [-0.2, -0.15) is 0 Å². The monoisotopic (exact) mass is 482 g/mol. The van der Waals surface area contributed by atoms with E-state index >= 15 is 0 Å². The van der Waals surface area contributed by atoms with Gasteiger partial charge in [0, 0.05) is 12.5 Å². The Kier molecular flexibility index (Phi) is 8.58. The number of carbonyl (C=O) groups excluding carboxylic acids is 2. The molecule has 0 saturated heterocycles. The van der Waals surface area contributed by atoms with Crippen LogP contribution in [0, 0.1) is 5.92 Å². The Morgan fingerprint density at radius 1 is 1.14 bits per heavy atom. The van der Waals surface area contributed by atoms with Gasteiger partial charge in [0.15, 0.2) is 5.54 Å². The third kappa shape index (κ3) is 6.42. The molecule has 5 N–H and O–H groups in total. The summed E-state index contributed by atoms with van der Waals surface area (Å²) in [7, 11) is -1.45. The third-order valence-electron chi connectivity index (χ3n) is 6.23. The van der Waals surface area contributed by atoms with Crippen molar-refractivity contribution in [1.29, 1.82) is 0 Å². The fourth-order valence-electron chi connectivity index (χ4n) is 4.72. The molecule has 0 aromatic heterocycles. The molecule has 0 bridgehead atoms. The Hall–Kier alpha value is -2.88. The maximum Gasteiger partial charge on any atom is 0.451 e. The maximum absolute atomic E-state index is 13.9. The molecule has 0 radical (unpaired) electrons.